The monoisotopic (exact) mass is 366 g/mol. The van der Waals surface area contributed by atoms with E-state index in [1.54, 1.807) is 6.92 Å². The summed E-state index contributed by atoms with van der Waals surface area (Å²) in [5.74, 6) is -1.76. The second kappa shape index (κ2) is 7.77. The Bertz CT molecular complexity index is 712. The van der Waals surface area contributed by atoms with E-state index in [9.17, 15) is 18.7 Å². The van der Waals surface area contributed by atoms with Crippen LogP contribution in [0.3, 0.4) is 0 Å². The van der Waals surface area contributed by atoms with Gasteiger partial charge in [0, 0.05) is 23.7 Å². The number of rotatable bonds is 4. The van der Waals surface area contributed by atoms with E-state index < -0.39 is 23.9 Å². The molecule has 0 bridgehead atoms. The molecular weight excluding hydrogens is 342 g/mol. The predicted molar refractivity (Wildman–Crippen MR) is 93.5 cm³/mol. The summed E-state index contributed by atoms with van der Waals surface area (Å²) < 4.78 is 26.8. The molecule has 1 fully saturated rings. The van der Waals surface area contributed by atoms with Crippen LogP contribution in [0.4, 0.5) is 8.78 Å². The van der Waals surface area contributed by atoms with Crippen molar-refractivity contribution >= 4 is 11.6 Å². The standard InChI is InChI=1S/C18H24F2N4O2/c1-9-3-6-14-17(21-9)23-15(18(26)24-14)8-16(25)22-10(2)12-5-4-11(19)7-13(12)20/h4-5,7,9-10,14,17-18,21,24,26H,3,6,8H2,1-2H3,(H,22,25)/t9?,10-,14?,17?,18?/m0/s1. The molecule has 0 radical (unpaired) electrons. The summed E-state index contributed by atoms with van der Waals surface area (Å²) >= 11 is 0. The molecule has 6 nitrogen and oxygen atoms in total. The topological polar surface area (TPSA) is 85.8 Å². The first-order chi connectivity index (χ1) is 12.3. The van der Waals surface area contributed by atoms with Gasteiger partial charge in [-0.3, -0.25) is 20.4 Å². The van der Waals surface area contributed by atoms with E-state index in [0.29, 0.717) is 11.8 Å². The van der Waals surface area contributed by atoms with E-state index in [1.807, 2.05) is 0 Å². The van der Waals surface area contributed by atoms with Crippen molar-refractivity contribution in [1.29, 1.82) is 0 Å². The molecule has 0 aliphatic carbocycles. The quantitative estimate of drug-likeness (QED) is 0.648. The highest BCUT2D eigenvalue weighted by atomic mass is 19.1. The molecule has 5 atom stereocenters. The number of benzene rings is 1. The minimum absolute atomic E-state index is 0.0419. The van der Waals surface area contributed by atoms with Gasteiger partial charge in [-0.25, -0.2) is 8.78 Å². The number of nitrogens with one attached hydrogen (secondary N) is 3. The molecule has 1 amide bonds. The lowest BCUT2D eigenvalue weighted by Crippen LogP contribution is -2.61. The number of carbonyl (C=O) groups is 1. The molecule has 1 aromatic rings. The summed E-state index contributed by atoms with van der Waals surface area (Å²) in [5, 5.41) is 19.3. The SMILES string of the molecule is CC1CCC2NC(O)C(CC(=O)N[C@@H](C)c3ccc(F)cc3F)=NC2N1. The van der Waals surface area contributed by atoms with Crippen molar-refractivity contribution in [2.24, 2.45) is 4.99 Å². The molecule has 4 unspecified atom stereocenters. The molecular formula is C18H24F2N4O2. The van der Waals surface area contributed by atoms with Gasteiger partial charge in [0.05, 0.1) is 18.2 Å². The van der Waals surface area contributed by atoms with Gasteiger partial charge in [-0.2, -0.15) is 0 Å². The fraction of sp³-hybridized carbons (Fsp3) is 0.556. The van der Waals surface area contributed by atoms with Gasteiger partial charge in [0.15, 0.2) is 0 Å². The Morgan fingerprint density at radius 3 is 2.88 bits per heavy atom. The first-order valence-electron chi connectivity index (χ1n) is 8.84. The highest BCUT2D eigenvalue weighted by Crippen LogP contribution is 2.20. The third kappa shape index (κ3) is 4.25. The summed E-state index contributed by atoms with van der Waals surface area (Å²) in [7, 11) is 0. The summed E-state index contributed by atoms with van der Waals surface area (Å²) in [6.07, 6.45) is 0.653. The summed E-state index contributed by atoms with van der Waals surface area (Å²) in [5.41, 5.74) is 0.545. The van der Waals surface area contributed by atoms with Crippen molar-refractivity contribution in [3.63, 3.8) is 0 Å². The Labute approximate surface area is 151 Å². The van der Waals surface area contributed by atoms with Gasteiger partial charge in [-0.1, -0.05) is 6.07 Å². The van der Waals surface area contributed by atoms with Crippen LogP contribution in [0.25, 0.3) is 0 Å². The average Bonchev–Trinajstić information content (AvgIpc) is 2.55. The number of carbonyl (C=O) groups excluding carboxylic acids is 1. The Hall–Kier alpha value is -1.90. The summed E-state index contributed by atoms with van der Waals surface area (Å²) in [4.78, 5) is 16.8. The van der Waals surface area contributed by atoms with E-state index in [-0.39, 0.29) is 30.1 Å². The molecule has 2 aliphatic heterocycles. The van der Waals surface area contributed by atoms with Crippen LogP contribution in [0.15, 0.2) is 23.2 Å². The number of amides is 1. The fourth-order valence-corrected chi connectivity index (χ4v) is 3.46. The smallest absolute Gasteiger partial charge is 0.226 e. The molecule has 8 heteroatoms. The van der Waals surface area contributed by atoms with Crippen LogP contribution in [0.2, 0.25) is 0 Å². The van der Waals surface area contributed by atoms with Gasteiger partial charge in [-0.05, 0) is 32.8 Å². The van der Waals surface area contributed by atoms with Gasteiger partial charge in [0.25, 0.3) is 0 Å². The Morgan fingerprint density at radius 1 is 1.38 bits per heavy atom. The zero-order valence-electron chi connectivity index (χ0n) is 14.8. The molecule has 0 spiro atoms. The highest BCUT2D eigenvalue weighted by Gasteiger charge is 2.35. The van der Waals surface area contributed by atoms with Gasteiger partial charge in [-0.15, -0.1) is 0 Å². The Kier molecular flexibility index (Phi) is 5.64. The third-order valence-corrected chi connectivity index (χ3v) is 4.89. The van der Waals surface area contributed by atoms with Crippen molar-refractivity contribution in [2.75, 3.05) is 0 Å². The zero-order chi connectivity index (χ0) is 18.8. The number of nitrogens with zero attached hydrogens (tertiary/aromatic N) is 1. The number of hydrogen-bond acceptors (Lipinski definition) is 5. The lowest BCUT2D eigenvalue weighted by Gasteiger charge is -2.39. The predicted octanol–water partition coefficient (Wildman–Crippen LogP) is 1.36. The van der Waals surface area contributed by atoms with E-state index in [0.717, 1.165) is 25.0 Å². The molecule has 26 heavy (non-hydrogen) atoms. The first-order valence-corrected chi connectivity index (χ1v) is 8.84. The van der Waals surface area contributed by atoms with Crippen LogP contribution in [0.5, 0.6) is 0 Å². The maximum Gasteiger partial charge on any atom is 0.226 e. The molecule has 2 aliphatic rings. The van der Waals surface area contributed by atoms with E-state index in [4.69, 9.17) is 0 Å². The lowest BCUT2D eigenvalue weighted by atomic mass is 9.96. The van der Waals surface area contributed by atoms with Crippen LogP contribution < -0.4 is 16.0 Å². The number of fused-ring (bicyclic) bond motifs is 1. The summed E-state index contributed by atoms with van der Waals surface area (Å²) in [6.45, 7) is 3.69. The van der Waals surface area contributed by atoms with Gasteiger partial charge < -0.3 is 10.4 Å². The second-order valence-electron chi connectivity index (χ2n) is 7.02. The van der Waals surface area contributed by atoms with Crippen LogP contribution in [0.1, 0.15) is 44.7 Å². The largest absolute Gasteiger partial charge is 0.373 e. The molecule has 0 aromatic heterocycles. The van der Waals surface area contributed by atoms with Crippen molar-refractivity contribution in [1.82, 2.24) is 16.0 Å². The minimum Gasteiger partial charge on any atom is -0.373 e. The number of aliphatic hydroxyl groups is 1. The van der Waals surface area contributed by atoms with Crippen molar-refractivity contribution < 1.29 is 18.7 Å². The van der Waals surface area contributed by atoms with Crippen LogP contribution in [-0.2, 0) is 4.79 Å². The molecule has 2 heterocycles. The van der Waals surface area contributed by atoms with Crippen LogP contribution >= 0.6 is 0 Å². The van der Waals surface area contributed by atoms with Crippen molar-refractivity contribution in [3.05, 3.63) is 35.4 Å². The molecule has 4 N–H and O–H groups in total. The number of hydrogen-bond donors (Lipinski definition) is 4. The zero-order valence-corrected chi connectivity index (χ0v) is 14.8. The molecule has 0 saturated carbocycles. The minimum atomic E-state index is -0.977. The highest BCUT2D eigenvalue weighted by molar-refractivity contribution is 6.03. The maximum atomic E-state index is 13.8. The number of aliphatic imine (C=N–C) groups is 1. The second-order valence-corrected chi connectivity index (χ2v) is 7.02. The average molecular weight is 366 g/mol. The Morgan fingerprint density at radius 2 is 2.15 bits per heavy atom. The lowest BCUT2D eigenvalue weighted by molar-refractivity contribution is -0.120. The third-order valence-electron chi connectivity index (χ3n) is 4.89. The molecule has 3 rings (SSSR count). The van der Waals surface area contributed by atoms with Gasteiger partial charge >= 0.3 is 0 Å². The van der Waals surface area contributed by atoms with E-state index >= 15 is 0 Å². The van der Waals surface area contributed by atoms with Crippen LogP contribution in [0, 0.1) is 11.6 Å². The first kappa shape index (κ1) is 18.9. The maximum absolute atomic E-state index is 13.8. The van der Waals surface area contributed by atoms with Crippen molar-refractivity contribution in [3.8, 4) is 0 Å². The number of halogens is 2. The summed E-state index contributed by atoms with van der Waals surface area (Å²) in [6, 6.07) is 2.98. The van der Waals surface area contributed by atoms with Crippen LogP contribution in [-0.4, -0.2) is 41.2 Å². The van der Waals surface area contributed by atoms with Crippen molar-refractivity contribution in [2.45, 2.75) is 63.6 Å². The molecule has 142 valence electrons. The van der Waals surface area contributed by atoms with E-state index in [2.05, 4.69) is 27.9 Å². The van der Waals surface area contributed by atoms with E-state index in [1.165, 1.54) is 6.07 Å². The number of aliphatic hydroxyl groups excluding tert-OH is 1. The normalized spacial score (nSPS) is 29.5. The van der Waals surface area contributed by atoms with Gasteiger partial charge in [0.2, 0.25) is 5.91 Å². The van der Waals surface area contributed by atoms with Gasteiger partial charge in [0.1, 0.15) is 24.0 Å². The Balaban J connectivity index is 1.63. The molecule has 1 aromatic carbocycles. The molecule has 1 saturated heterocycles. The number of piperidine rings is 1. The fourth-order valence-electron chi connectivity index (χ4n) is 3.46.